The van der Waals surface area contributed by atoms with Crippen molar-refractivity contribution in [2.75, 3.05) is 13.7 Å². The topological polar surface area (TPSA) is 62.5 Å². The van der Waals surface area contributed by atoms with Crippen LogP contribution < -0.4 is 0 Å². The van der Waals surface area contributed by atoms with Crippen molar-refractivity contribution in [3.63, 3.8) is 0 Å². The zero-order valence-electron chi connectivity index (χ0n) is 9.85. The minimum Gasteiger partial charge on any atom is -0.391 e. The molecular formula is C12H19NO3. The van der Waals surface area contributed by atoms with Crippen LogP contribution >= 0.6 is 0 Å². The van der Waals surface area contributed by atoms with Crippen molar-refractivity contribution >= 4 is 0 Å². The van der Waals surface area contributed by atoms with Gasteiger partial charge in [-0.3, -0.25) is 0 Å². The molecule has 0 aromatic heterocycles. The number of aliphatic hydroxyl groups is 1. The molecule has 0 aromatic carbocycles. The Labute approximate surface area is 96.2 Å². The van der Waals surface area contributed by atoms with Crippen molar-refractivity contribution in [1.29, 1.82) is 5.26 Å². The molecule has 0 saturated carbocycles. The predicted octanol–water partition coefficient (Wildman–Crippen LogP) is 1.09. The molecule has 16 heavy (non-hydrogen) atoms. The standard InChI is InChI=1S/C12H19NO3/c1-8(6-15-2)11(14)12(7-13)5-9-3-4-10(12)16-9/h8-11,14H,3-6H2,1-2H3. The van der Waals surface area contributed by atoms with Gasteiger partial charge in [0, 0.05) is 13.0 Å². The smallest absolute Gasteiger partial charge is 0.112 e. The molecule has 2 fully saturated rings. The Morgan fingerprint density at radius 2 is 2.38 bits per heavy atom. The minimum atomic E-state index is -0.707. The van der Waals surface area contributed by atoms with E-state index in [1.165, 1.54) is 0 Å². The lowest BCUT2D eigenvalue weighted by Gasteiger charge is -2.36. The van der Waals surface area contributed by atoms with Crippen LogP contribution in [0.1, 0.15) is 26.2 Å². The molecule has 5 unspecified atom stereocenters. The van der Waals surface area contributed by atoms with Crippen molar-refractivity contribution in [2.24, 2.45) is 11.3 Å². The Morgan fingerprint density at radius 3 is 2.81 bits per heavy atom. The lowest BCUT2D eigenvalue weighted by molar-refractivity contribution is -0.0412. The molecule has 2 rings (SSSR count). The van der Waals surface area contributed by atoms with E-state index in [1.54, 1.807) is 7.11 Å². The van der Waals surface area contributed by atoms with E-state index < -0.39 is 11.5 Å². The highest BCUT2D eigenvalue weighted by Gasteiger charge is 2.57. The second-order valence-electron chi connectivity index (χ2n) is 5.06. The van der Waals surface area contributed by atoms with Crippen LogP contribution in [0.4, 0.5) is 0 Å². The molecule has 2 aliphatic rings. The van der Waals surface area contributed by atoms with E-state index in [1.807, 2.05) is 6.92 Å². The van der Waals surface area contributed by atoms with E-state index in [0.717, 1.165) is 12.8 Å². The van der Waals surface area contributed by atoms with Gasteiger partial charge >= 0.3 is 0 Å². The highest BCUT2D eigenvalue weighted by atomic mass is 16.5. The van der Waals surface area contributed by atoms with Gasteiger partial charge in [0.05, 0.1) is 31.0 Å². The van der Waals surface area contributed by atoms with Crippen molar-refractivity contribution in [3.8, 4) is 6.07 Å². The predicted molar refractivity (Wildman–Crippen MR) is 57.6 cm³/mol. The van der Waals surface area contributed by atoms with Gasteiger partial charge in [-0.25, -0.2) is 0 Å². The number of hydrogen-bond acceptors (Lipinski definition) is 4. The zero-order chi connectivity index (χ0) is 11.8. The van der Waals surface area contributed by atoms with Gasteiger partial charge in [-0.15, -0.1) is 0 Å². The Balaban J connectivity index is 2.13. The number of ether oxygens (including phenoxy) is 2. The van der Waals surface area contributed by atoms with Gasteiger partial charge in [0.15, 0.2) is 0 Å². The van der Waals surface area contributed by atoms with Gasteiger partial charge < -0.3 is 14.6 Å². The monoisotopic (exact) mass is 225 g/mol. The van der Waals surface area contributed by atoms with Crippen LogP contribution in [-0.2, 0) is 9.47 Å². The van der Waals surface area contributed by atoms with Crippen molar-refractivity contribution in [2.45, 2.75) is 44.5 Å². The fraction of sp³-hybridized carbons (Fsp3) is 0.917. The summed E-state index contributed by atoms with van der Waals surface area (Å²) in [5, 5.41) is 19.7. The summed E-state index contributed by atoms with van der Waals surface area (Å²) >= 11 is 0. The molecule has 2 heterocycles. The Hall–Kier alpha value is -0.630. The summed E-state index contributed by atoms with van der Waals surface area (Å²) < 4.78 is 10.7. The summed E-state index contributed by atoms with van der Waals surface area (Å²) in [6.07, 6.45) is 2.02. The summed E-state index contributed by atoms with van der Waals surface area (Å²) in [6, 6.07) is 2.32. The molecule has 0 aromatic rings. The maximum Gasteiger partial charge on any atom is 0.112 e. The second-order valence-corrected chi connectivity index (χ2v) is 5.06. The number of nitrogens with zero attached hydrogens (tertiary/aromatic N) is 1. The van der Waals surface area contributed by atoms with Crippen LogP contribution in [0.15, 0.2) is 0 Å². The van der Waals surface area contributed by atoms with Gasteiger partial charge in [0.2, 0.25) is 0 Å². The molecule has 0 amide bonds. The highest BCUT2D eigenvalue weighted by molar-refractivity contribution is 5.16. The van der Waals surface area contributed by atoms with Crippen LogP contribution in [0.2, 0.25) is 0 Å². The first kappa shape index (κ1) is 11.8. The quantitative estimate of drug-likeness (QED) is 0.778. The molecule has 5 atom stereocenters. The maximum atomic E-state index is 10.3. The van der Waals surface area contributed by atoms with E-state index in [0.29, 0.717) is 13.0 Å². The number of aliphatic hydroxyl groups excluding tert-OH is 1. The molecule has 4 nitrogen and oxygen atoms in total. The summed E-state index contributed by atoms with van der Waals surface area (Å²) in [4.78, 5) is 0. The van der Waals surface area contributed by atoms with E-state index in [2.05, 4.69) is 6.07 Å². The summed E-state index contributed by atoms with van der Waals surface area (Å²) in [7, 11) is 1.61. The molecule has 2 aliphatic heterocycles. The average molecular weight is 225 g/mol. The average Bonchev–Trinajstić information content (AvgIpc) is 2.88. The molecular weight excluding hydrogens is 206 g/mol. The molecule has 2 bridgehead atoms. The van der Waals surface area contributed by atoms with Crippen LogP contribution in [-0.4, -0.2) is 37.1 Å². The normalized spacial score (nSPS) is 40.6. The van der Waals surface area contributed by atoms with Crippen LogP contribution in [0.5, 0.6) is 0 Å². The molecule has 0 aliphatic carbocycles. The number of hydrogen-bond donors (Lipinski definition) is 1. The first-order valence-electron chi connectivity index (χ1n) is 5.87. The number of nitriles is 1. The van der Waals surface area contributed by atoms with Gasteiger partial charge in [-0.05, 0) is 19.3 Å². The van der Waals surface area contributed by atoms with Gasteiger partial charge in [-0.1, -0.05) is 6.92 Å². The Kier molecular flexibility index (Phi) is 3.20. The summed E-state index contributed by atoms with van der Waals surface area (Å²) in [5.41, 5.74) is -0.707. The largest absolute Gasteiger partial charge is 0.391 e. The lowest BCUT2D eigenvalue weighted by Crippen LogP contribution is -2.46. The molecule has 1 N–H and O–H groups in total. The fourth-order valence-electron chi connectivity index (χ4n) is 3.10. The van der Waals surface area contributed by atoms with Crippen molar-refractivity contribution in [3.05, 3.63) is 0 Å². The van der Waals surface area contributed by atoms with Gasteiger partial charge in [0.1, 0.15) is 5.41 Å². The minimum absolute atomic E-state index is 0.0346. The third-order valence-electron chi connectivity index (χ3n) is 3.95. The molecule has 0 radical (unpaired) electrons. The third kappa shape index (κ3) is 1.64. The lowest BCUT2D eigenvalue weighted by atomic mass is 9.68. The first-order valence-corrected chi connectivity index (χ1v) is 5.87. The SMILES string of the molecule is COCC(C)C(O)C1(C#N)CC2CCC1O2. The maximum absolute atomic E-state index is 10.3. The van der Waals surface area contributed by atoms with Gasteiger partial charge in [-0.2, -0.15) is 5.26 Å². The van der Waals surface area contributed by atoms with E-state index in [4.69, 9.17) is 9.47 Å². The molecule has 90 valence electrons. The number of fused-ring (bicyclic) bond motifs is 2. The molecule has 2 saturated heterocycles. The first-order chi connectivity index (χ1) is 7.64. The van der Waals surface area contributed by atoms with Gasteiger partial charge in [0.25, 0.3) is 0 Å². The van der Waals surface area contributed by atoms with Crippen molar-refractivity contribution < 1.29 is 14.6 Å². The number of rotatable bonds is 4. The van der Waals surface area contributed by atoms with Crippen LogP contribution in [0, 0.1) is 22.7 Å². The fourth-order valence-corrected chi connectivity index (χ4v) is 3.10. The third-order valence-corrected chi connectivity index (χ3v) is 3.95. The number of methoxy groups -OCH3 is 1. The van der Waals surface area contributed by atoms with E-state index >= 15 is 0 Å². The van der Waals surface area contributed by atoms with Crippen molar-refractivity contribution in [1.82, 2.24) is 0 Å². The summed E-state index contributed by atoms with van der Waals surface area (Å²) in [6.45, 7) is 2.39. The Morgan fingerprint density at radius 1 is 1.62 bits per heavy atom. The van der Waals surface area contributed by atoms with Crippen LogP contribution in [0.25, 0.3) is 0 Å². The summed E-state index contributed by atoms with van der Waals surface area (Å²) in [5.74, 6) is -0.0346. The molecule has 0 spiro atoms. The van der Waals surface area contributed by atoms with E-state index in [-0.39, 0.29) is 18.1 Å². The molecule has 4 heteroatoms. The Bertz CT molecular complexity index is 301. The van der Waals surface area contributed by atoms with Crippen LogP contribution in [0.3, 0.4) is 0 Å². The second kappa shape index (κ2) is 4.33. The highest BCUT2D eigenvalue weighted by Crippen LogP contribution is 2.50. The zero-order valence-corrected chi connectivity index (χ0v) is 9.85. The van der Waals surface area contributed by atoms with E-state index in [9.17, 15) is 10.4 Å².